The molecule has 0 bridgehead atoms. The van der Waals surface area contributed by atoms with Gasteiger partial charge in [0.05, 0.1) is 26.9 Å². The highest BCUT2D eigenvalue weighted by molar-refractivity contribution is 7.26. The first-order chi connectivity index (χ1) is 23.8. The molecule has 224 valence electrons. The van der Waals surface area contributed by atoms with E-state index in [0.717, 1.165) is 49.0 Å². The van der Waals surface area contributed by atoms with Crippen LogP contribution in [0.1, 0.15) is 0 Å². The molecule has 0 spiro atoms. The highest BCUT2D eigenvalue weighted by atomic mass is 32.1. The van der Waals surface area contributed by atoms with Crippen LogP contribution in [0.25, 0.3) is 92.3 Å². The molecule has 4 heteroatoms. The number of aromatic nitrogens is 3. The molecule has 0 N–H and O–H groups in total. The van der Waals surface area contributed by atoms with E-state index in [1.54, 1.807) is 11.3 Å². The topological polar surface area (TPSA) is 30.7 Å². The van der Waals surface area contributed by atoms with Crippen molar-refractivity contribution in [1.29, 1.82) is 0 Å². The highest BCUT2D eigenvalue weighted by Crippen LogP contribution is 2.42. The Labute approximate surface area is 281 Å². The molecule has 0 aliphatic rings. The Kier molecular flexibility index (Phi) is 6.05. The first-order valence-corrected chi connectivity index (χ1v) is 17.0. The summed E-state index contributed by atoms with van der Waals surface area (Å²) < 4.78 is 4.55. The van der Waals surface area contributed by atoms with Crippen molar-refractivity contribution in [2.24, 2.45) is 0 Å². The number of fused-ring (bicyclic) bond motifs is 7. The normalized spacial score (nSPS) is 11.8. The number of hydrogen-bond acceptors (Lipinski definition) is 3. The van der Waals surface area contributed by atoms with Gasteiger partial charge in [-0.3, -0.25) is 4.57 Å². The minimum absolute atomic E-state index is 0.675. The number of nitrogens with zero attached hydrogens (tertiary/aromatic N) is 3. The molecule has 0 amide bonds. The van der Waals surface area contributed by atoms with Gasteiger partial charge >= 0.3 is 0 Å². The second-order valence-corrected chi connectivity index (χ2v) is 13.3. The molecule has 0 atom stereocenters. The van der Waals surface area contributed by atoms with Crippen molar-refractivity contribution in [3.8, 4) is 39.5 Å². The van der Waals surface area contributed by atoms with Crippen LogP contribution in [0.4, 0.5) is 0 Å². The number of thiophene rings is 1. The molecule has 48 heavy (non-hydrogen) atoms. The van der Waals surface area contributed by atoms with Gasteiger partial charge in [-0.05, 0) is 75.5 Å². The SMILES string of the molecule is c1ccc(-c2cc(-c3ccccc3)cc(-c3nc(-n4c5ccccc5c5cc6ccccc6cc54)nc4c3sc3ccccc34)c2)cc1. The van der Waals surface area contributed by atoms with E-state index in [2.05, 4.69) is 168 Å². The maximum atomic E-state index is 5.52. The zero-order valence-electron chi connectivity index (χ0n) is 25.8. The fraction of sp³-hybridized carbons (Fsp3) is 0. The summed E-state index contributed by atoms with van der Waals surface area (Å²) >= 11 is 1.77. The number of rotatable bonds is 4. The highest BCUT2D eigenvalue weighted by Gasteiger charge is 2.21. The van der Waals surface area contributed by atoms with Crippen molar-refractivity contribution in [2.75, 3.05) is 0 Å². The van der Waals surface area contributed by atoms with Crippen LogP contribution in [-0.2, 0) is 0 Å². The van der Waals surface area contributed by atoms with Crippen LogP contribution >= 0.6 is 11.3 Å². The van der Waals surface area contributed by atoms with Crippen LogP contribution in [0.15, 0.2) is 164 Å². The third kappa shape index (κ3) is 4.27. The molecule has 0 fully saturated rings. The second-order valence-electron chi connectivity index (χ2n) is 12.2. The zero-order valence-corrected chi connectivity index (χ0v) is 26.7. The van der Waals surface area contributed by atoms with E-state index in [4.69, 9.17) is 9.97 Å². The van der Waals surface area contributed by atoms with Crippen molar-refractivity contribution in [3.63, 3.8) is 0 Å². The molecule has 0 aliphatic carbocycles. The fourth-order valence-corrected chi connectivity index (χ4v) is 8.26. The van der Waals surface area contributed by atoms with Gasteiger partial charge in [0, 0.05) is 26.4 Å². The Morgan fingerprint density at radius 2 is 1.00 bits per heavy atom. The Bertz CT molecular complexity index is 2770. The van der Waals surface area contributed by atoms with Crippen molar-refractivity contribution >= 4 is 64.2 Å². The first kappa shape index (κ1) is 27.1. The minimum atomic E-state index is 0.675. The van der Waals surface area contributed by atoms with E-state index in [0.29, 0.717) is 5.95 Å². The van der Waals surface area contributed by atoms with Crippen molar-refractivity contribution in [2.45, 2.75) is 0 Å². The summed E-state index contributed by atoms with van der Waals surface area (Å²) in [6, 6.07) is 58.5. The lowest BCUT2D eigenvalue weighted by Gasteiger charge is -2.13. The Hall–Kier alpha value is -6.10. The maximum Gasteiger partial charge on any atom is 0.235 e. The predicted octanol–water partition coefficient (Wildman–Crippen LogP) is 12.1. The molecule has 10 aromatic rings. The quantitative estimate of drug-likeness (QED) is 0.194. The van der Waals surface area contributed by atoms with E-state index < -0.39 is 0 Å². The molecule has 0 unspecified atom stereocenters. The predicted molar refractivity (Wildman–Crippen MR) is 203 cm³/mol. The second kappa shape index (κ2) is 10.7. The van der Waals surface area contributed by atoms with Crippen LogP contribution in [0, 0.1) is 0 Å². The van der Waals surface area contributed by atoms with Crippen LogP contribution in [0.2, 0.25) is 0 Å². The van der Waals surface area contributed by atoms with Gasteiger partial charge in [0.1, 0.15) is 0 Å². The lowest BCUT2D eigenvalue weighted by Crippen LogP contribution is -2.03. The van der Waals surface area contributed by atoms with E-state index in [1.165, 1.54) is 37.4 Å². The van der Waals surface area contributed by atoms with Crippen LogP contribution in [0.5, 0.6) is 0 Å². The average Bonchev–Trinajstić information content (AvgIpc) is 3.69. The first-order valence-electron chi connectivity index (χ1n) is 16.2. The van der Waals surface area contributed by atoms with Gasteiger partial charge in [0.25, 0.3) is 0 Å². The van der Waals surface area contributed by atoms with E-state index in [1.807, 2.05) is 0 Å². The Morgan fingerprint density at radius 1 is 0.417 bits per heavy atom. The third-order valence-corrected chi connectivity index (χ3v) is 10.5. The van der Waals surface area contributed by atoms with E-state index in [-0.39, 0.29) is 0 Å². The average molecular weight is 630 g/mol. The number of para-hydroxylation sites is 1. The fourth-order valence-electron chi connectivity index (χ4n) is 7.10. The minimum Gasteiger partial charge on any atom is -0.278 e. The Balaban J connectivity index is 1.32. The summed E-state index contributed by atoms with van der Waals surface area (Å²) in [5.41, 5.74) is 9.85. The lowest BCUT2D eigenvalue weighted by atomic mass is 9.95. The van der Waals surface area contributed by atoms with E-state index >= 15 is 0 Å². The van der Waals surface area contributed by atoms with Crippen molar-refractivity contribution in [3.05, 3.63) is 164 Å². The number of benzene rings is 7. The van der Waals surface area contributed by atoms with Crippen LogP contribution in [-0.4, -0.2) is 14.5 Å². The molecule has 0 saturated heterocycles. The van der Waals surface area contributed by atoms with Crippen LogP contribution < -0.4 is 0 Å². The van der Waals surface area contributed by atoms with Gasteiger partial charge in [-0.2, -0.15) is 0 Å². The summed E-state index contributed by atoms with van der Waals surface area (Å²) in [6.45, 7) is 0. The summed E-state index contributed by atoms with van der Waals surface area (Å²) in [4.78, 5) is 10.9. The Morgan fingerprint density at radius 3 is 1.73 bits per heavy atom. The third-order valence-electron chi connectivity index (χ3n) is 9.37. The monoisotopic (exact) mass is 629 g/mol. The molecule has 7 aromatic carbocycles. The van der Waals surface area contributed by atoms with Gasteiger partial charge in [-0.15, -0.1) is 11.3 Å². The van der Waals surface area contributed by atoms with Crippen molar-refractivity contribution in [1.82, 2.24) is 14.5 Å². The van der Waals surface area contributed by atoms with Gasteiger partial charge in [-0.25, -0.2) is 9.97 Å². The molecule has 0 aliphatic heterocycles. The van der Waals surface area contributed by atoms with Crippen LogP contribution in [0.3, 0.4) is 0 Å². The molecular formula is C44H27N3S. The smallest absolute Gasteiger partial charge is 0.235 e. The molecule has 10 rings (SSSR count). The zero-order chi connectivity index (χ0) is 31.6. The molecule has 0 saturated carbocycles. The summed E-state index contributed by atoms with van der Waals surface area (Å²) in [5, 5.41) is 5.95. The summed E-state index contributed by atoms with van der Waals surface area (Å²) in [6.07, 6.45) is 0. The van der Waals surface area contributed by atoms with Gasteiger partial charge in [0.2, 0.25) is 5.95 Å². The molecule has 3 nitrogen and oxygen atoms in total. The summed E-state index contributed by atoms with van der Waals surface area (Å²) in [5.74, 6) is 0.675. The lowest BCUT2D eigenvalue weighted by molar-refractivity contribution is 1.02. The molecule has 3 heterocycles. The summed E-state index contributed by atoms with van der Waals surface area (Å²) in [7, 11) is 0. The largest absolute Gasteiger partial charge is 0.278 e. The molecular weight excluding hydrogens is 603 g/mol. The number of hydrogen-bond donors (Lipinski definition) is 0. The molecule has 0 radical (unpaired) electrons. The van der Waals surface area contributed by atoms with Gasteiger partial charge in [0.15, 0.2) is 0 Å². The van der Waals surface area contributed by atoms with E-state index in [9.17, 15) is 0 Å². The van der Waals surface area contributed by atoms with Gasteiger partial charge in [-0.1, -0.05) is 121 Å². The van der Waals surface area contributed by atoms with Gasteiger partial charge < -0.3 is 0 Å². The standard InChI is InChI=1S/C44H27N3S/c1-3-13-28(14-4-1)32-23-33(29-15-5-2-6-16-29)25-34(24-32)41-43-42(36-20-10-12-22-40(36)48-43)46-44(45-41)47-38-21-11-9-19-35(38)37-26-30-17-7-8-18-31(30)27-39(37)47/h1-27H. The molecule has 3 aromatic heterocycles. The van der Waals surface area contributed by atoms with Crippen molar-refractivity contribution < 1.29 is 0 Å². The maximum absolute atomic E-state index is 5.52.